The molecule has 3 nitrogen and oxygen atoms in total. The number of aryl methyl sites for hydroxylation is 3. The lowest BCUT2D eigenvalue weighted by molar-refractivity contribution is 0.577. The quantitative estimate of drug-likeness (QED) is 0.823. The third-order valence-electron chi connectivity index (χ3n) is 4.14. The number of nitrogens with two attached hydrogens (primary N) is 1. The molecule has 2 N–H and O–H groups in total. The summed E-state index contributed by atoms with van der Waals surface area (Å²) in [5.41, 5.74) is 10.7. The zero-order valence-corrected chi connectivity index (χ0v) is 14.3. The van der Waals surface area contributed by atoms with Gasteiger partial charge in [-0.05, 0) is 43.5 Å². The van der Waals surface area contributed by atoms with Gasteiger partial charge in [0.1, 0.15) is 5.82 Å². The molecule has 0 spiro atoms. The van der Waals surface area contributed by atoms with Crippen LogP contribution < -0.4 is 5.73 Å². The first-order valence-corrected chi connectivity index (χ1v) is 8.10. The van der Waals surface area contributed by atoms with Gasteiger partial charge in [0.15, 0.2) is 0 Å². The fourth-order valence-corrected chi connectivity index (χ4v) is 2.60. The molecule has 1 aromatic carbocycles. The van der Waals surface area contributed by atoms with Gasteiger partial charge in [0.2, 0.25) is 0 Å². The van der Waals surface area contributed by atoms with Gasteiger partial charge in [-0.1, -0.05) is 32.5 Å². The van der Waals surface area contributed by atoms with Gasteiger partial charge >= 0.3 is 0 Å². The molecule has 0 amide bonds. The molecule has 0 radical (unpaired) electrons. The highest BCUT2D eigenvalue weighted by atomic mass is 32.1. The van der Waals surface area contributed by atoms with Crippen LogP contribution in [-0.4, -0.2) is 14.5 Å². The van der Waals surface area contributed by atoms with Crippen molar-refractivity contribution in [2.45, 2.75) is 53.5 Å². The van der Waals surface area contributed by atoms with E-state index >= 15 is 0 Å². The van der Waals surface area contributed by atoms with E-state index in [0.717, 1.165) is 30.7 Å². The Hall–Kier alpha value is -1.42. The van der Waals surface area contributed by atoms with Crippen molar-refractivity contribution < 1.29 is 0 Å². The number of hydrogen-bond acceptors (Lipinski definition) is 2. The number of unbranched alkanes of at least 4 members (excludes halogenated alkanes) is 1. The lowest BCUT2D eigenvalue weighted by Crippen LogP contribution is -2.23. The Bertz CT molecular complexity index is 658. The molecule has 0 aliphatic rings. The number of aromatic nitrogens is 2. The van der Waals surface area contributed by atoms with E-state index in [4.69, 9.17) is 22.9 Å². The van der Waals surface area contributed by atoms with E-state index in [1.165, 1.54) is 23.1 Å². The van der Waals surface area contributed by atoms with Crippen LogP contribution in [0.2, 0.25) is 0 Å². The van der Waals surface area contributed by atoms with Crippen LogP contribution in [0.4, 0.5) is 0 Å². The molecule has 0 aliphatic heterocycles. The molecule has 1 unspecified atom stereocenters. The number of imidazole rings is 1. The molecule has 1 atom stereocenters. The molecule has 4 heteroatoms. The summed E-state index contributed by atoms with van der Waals surface area (Å²) in [5, 5.41) is 0. The number of thiocarbonyl (C=S) groups is 1. The van der Waals surface area contributed by atoms with Crippen LogP contribution in [0, 0.1) is 19.8 Å². The van der Waals surface area contributed by atoms with Crippen LogP contribution in [0.25, 0.3) is 11.0 Å². The Morgan fingerprint density at radius 1 is 1.33 bits per heavy atom. The number of benzene rings is 1. The highest BCUT2D eigenvalue weighted by Crippen LogP contribution is 2.23. The van der Waals surface area contributed by atoms with E-state index < -0.39 is 0 Å². The molecule has 114 valence electrons. The van der Waals surface area contributed by atoms with Crippen LogP contribution in [0.5, 0.6) is 0 Å². The highest BCUT2D eigenvalue weighted by molar-refractivity contribution is 7.80. The normalized spacial score (nSPS) is 12.8. The molecule has 0 fully saturated rings. The molecule has 0 saturated carbocycles. The van der Waals surface area contributed by atoms with Crippen LogP contribution in [0.3, 0.4) is 0 Å². The smallest absolute Gasteiger partial charge is 0.109 e. The minimum absolute atomic E-state index is 0.180. The first-order chi connectivity index (χ1) is 9.93. The standard InChI is InChI=1S/C17H25N3S/c1-5-6-7-16-19-14-8-11(2)12(3)9-15(14)20(16)10-13(4)17(18)21/h8-9,13H,5-7,10H2,1-4H3,(H2,18,21). The summed E-state index contributed by atoms with van der Waals surface area (Å²) in [6.45, 7) is 9.39. The topological polar surface area (TPSA) is 43.8 Å². The van der Waals surface area contributed by atoms with Gasteiger partial charge in [-0.15, -0.1) is 0 Å². The minimum Gasteiger partial charge on any atom is -0.393 e. The predicted octanol–water partition coefficient (Wildman–Crippen LogP) is 3.92. The number of fused-ring (bicyclic) bond motifs is 1. The van der Waals surface area contributed by atoms with E-state index in [2.05, 4.69) is 44.4 Å². The van der Waals surface area contributed by atoms with Crippen LogP contribution in [0.1, 0.15) is 43.6 Å². The first-order valence-electron chi connectivity index (χ1n) is 7.69. The molecule has 0 saturated heterocycles. The molecular formula is C17H25N3S. The third kappa shape index (κ3) is 3.43. The van der Waals surface area contributed by atoms with Crippen molar-refractivity contribution in [1.29, 1.82) is 0 Å². The lowest BCUT2D eigenvalue weighted by atomic mass is 10.1. The zero-order chi connectivity index (χ0) is 15.6. The number of rotatable bonds is 6. The van der Waals surface area contributed by atoms with Gasteiger partial charge in [0.25, 0.3) is 0 Å². The third-order valence-corrected chi connectivity index (χ3v) is 4.54. The fourth-order valence-electron chi connectivity index (χ4n) is 2.52. The molecule has 1 heterocycles. The highest BCUT2D eigenvalue weighted by Gasteiger charge is 2.15. The first kappa shape index (κ1) is 16.0. The maximum Gasteiger partial charge on any atom is 0.109 e. The van der Waals surface area contributed by atoms with Gasteiger partial charge in [-0.25, -0.2) is 4.98 Å². The van der Waals surface area contributed by atoms with Crippen molar-refractivity contribution >= 4 is 28.2 Å². The second-order valence-electron chi connectivity index (χ2n) is 5.97. The molecule has 2 rings (SSSR count). The second-order valence-corrected chi connectivity index (χ2v) is 6.44. The largest absolute Gasteiger partial charge is 0.393 e. The molecular weight excluding hydrogens is 278 g/mol. The molecule has 1 aromatic heterocycles. The Labute approximate surface area is 132 Å². The zero-order valence-electron chi connectivity index (χ0n) is 13.4. The summed E-state index contributed by atoms with van der Waals surface area (Å²) in [7, 11) is 0. The fraction of sp³-hybridized carbons (Fsp3) is 0.529. The Balaban J connectivity index is 2.50. The van der Waals surface area contributed by atoms with Crippen molar-refractivity contribution in [1.82, 2.24) is 9.55 Å². The van der Waals surface area contributed by atoms with E-state index in [9.17, 15) is 0 Å². The van der Waals surface area contributed by atoms with Crippen LogP contribution in [-0.2, 0) is 13.0 Å². The van der Waals surface area contributed by atoms with E-state index in [-0.39, 0.29) is 5.92 Å². The molecule has 2 aromatic rings. The average molecular weight is 303 g/mol. The van der Waals surface area contributed by atoms with Gasteiger partial charge in [-0.2, -0.15) is 0 Å². The van der Waals surface area contributed by atoms with Crippen LogP contribution >= 0.6 is 12.2 Å². The second kappa shape index (κ2) is 6.56. The maximum absolute atomic E-state index is 5.80. The summed E-state index contributed by atoms with van der Waals surface area (Å²) < 4.78 is 2.31. The summed E-state index contributed by atoms with van der Waals surface area (Å²) in [4.78, 5) is 5.41. The summed E-state index contributed by atoms with van der Waals surface area (Å²) in [6.07, 6.45) is 3.34. The summed E-state index contributed by atoms with van der Waals surface area (Å²) >= 11 is 5.14. The summed E-state index contributed by atoms with van der Waals surface area (Å²) in [5.74, 6) is 1.33. The predicted molar refractivity (Wildman–Crippen MR) is 93.8 cm³/mol. The number of nitrogens with zero attached hydrogens (tertiary/aromatic N) is 2. The number of hydrogen-bond donors (Lipinski definition) is 1. The van der Waals surface area contributed by atoms with E-state index in [0.29, 0.717) is 4.99 Å². The van der Waals surface area contributed by atoms with Gasteiger partial charge in [0.05, 0.1) is 16.0 Å². The van der Waals surface area contributed by atoms with Crippen molar-refractivity contribution in [2.24, 2.45) is 11.7 Å². The van der Waals surface area contributed by atoms with Crippen molar-refractivity contribution in [3.05, 3.63) is 29.1 Å². The van der Waals surface area contributed by atoms with Gasteiger partial charge in [0, 0.05) is 18.9 Å². The van der Waals surface area contributed by atoms with Crippen LogP contribution in [0.15, 0.2) is 12.1 Å². The Morgan fingerprint density at radius 2 is 2.00 bits per heavy atom. The van der Waals surface area contributed by atoms with Crippen molar-refractivity contribution in [3.63, 3.8) is 0 Å². The van der Waals surface area contributed by atoms with Gasteiger partial charge in [-0.3, -0.25) is 0 Å². The maximum atomic E-state index is 5.80. The van der Waals surface area contributed by atoms with E-state index in [1.807, 2.05) is 0 Å². The SMILES string of the molecule is CCCCc1nc2cc(C)c(C)cc2n1CC(C)C(N)=S. The van der Waals surface area contributed by atoms with Crippen molar-refractivity contribution in [2.75, 3.05) is 0 Å². The molecule has 21 heavy (non-hydrogen) atoms. The lowest BCUT2D eigenvalue weighted by Gasteiger charge is -2.14. The average Bonchev–Trinajstić information content (AvgIpc) is 2.74. The Kier molecular flexibility index (Phi) is 4.99. The van der Waals surface area contributed by atoms with E-state index in [1.54, 1.807) is 0 Å². The minimum atomic E-state index is 0.180. The monoisotopic (exact) mass is 303 g/mol. The molecule has 0 bridgehead atoms. The Morgan fingerprint density at radius 3 is 2.62 bits per heavy atom. The molecule has 0 aliphatic carbocycles. The van der Waals surface area contributed by atoms with Gasteiger partial charge < -0.3 is 10.3 Å². The van der Waals surface area contributed by atoms with Crippen molar-refractivity contribution in [3.8, 4) is 0 Å². The summed E-state index contributed by atoms with van der Waals surface area (Å²) in [6, 6.07) is 4.42.